The van der Waals surface area contributed by atoms with E-state index in [1.54, 1.807) is 43.5 Å². The molecule has 0 atom stereocenters. The van der Waals surface area contributed by atoms with Crippen molar-refractivity contribution in [2.24, 2.45) is 5.10 Å². The monoisotopic (exact) mass is 426 g/mol. The number of halogens is 2. The number of rotatable bonds is 4. The number of benzene rings is 2. The lowest BCUT2D eigenvalue weighted by Crippen LogP contribution is -2.17. The van der Waals surface area contributed by atoms with Crippen molar-refractivity contribution in [3.63, 3.8) is 0 Å². The molecule has 2 aromatic rings. The molecular weight excluding hydrogens is 416 g/mol. The molecule has 114 valence electrons. The molecule has 2 aromatic carbocycles. The quantitative estimate of drug-likeness (QED) is 0.577. The Kier molecular flexibility index (Phi) is 5.57. The summed E-state index contributed by atoms with van der Waals surface area (Å²) in [5.41, 5.74) is 3.63. The highest BCUT2D eigenvalue weighted by molar-refractivity contribution is 9.11. The molecular formula is C15H12Br2N2O3. The summed E-state index contributed by atoms with van der Waals surface area (Å²) in [6, 6.07) is 10.1. The molecule has 0 aliphatic heterocycles. The zero-order chi connectivity index (χ0) is 16.1. The third kappa shape index (κ3) is 4.08. The lowest BCUT2D eigenvalue weighted by Gasteiger charge is -2.03. The Morgan fingerprint density at radius 3 is 2.36 bits per heavy atom. The van der Waals surface area contributed by atoms with Gasteiger partial charge in [-0.1, -0.05) is 0 Å². The molecule has 2 N–H and O–H groups in total. The molecule has 22 heavy (non-hydrogen) atoms. The van der Waals surface area contributed by atoms with Gasteiger partial charge in [-0.25, -0.2) is 5.43 Å². The predicted octanol–water partition coefficient (Wildman–Crippen LogP) is 3.69. The van der Waals surface area contributed by atoms with Crippen molar-refractivity contribution >= 4 is 44.0 Å². The topological polar surface area (TPSA) is 70.9 Å². The van der Waals surface area contributed by atoms with E-state index in [1.165, 1.54) is 6.21 Å². The van der Waals surface area contributed by atoms with Crippen LogP contribution >= 0.6 is 31.9 Å². The number of carbonyl (C=O) groups excluding carboxylic acids is 1. The number of ether oxygens (including phenoxy) is 1. The second-order valence-electron chi connectivity index (χ2n) is 4.26. The van der Waals surface area contributed by atoms with Gasteiger partial charge in [-0.3, -0.25) is 4.79 Å². The van der Waals surface area contributed by atoms with E-state index in [1.807, 2.05) is 0 Å². The average molecular weight is 428 g/mol. The van der Waals surface area contributed by atoms with Gasteiger partial charge in [0.15, 0.2) is 0 Å². The van der Waals surface area contributed by atoms with Crippen molar-refractivity contribution in [2.75, 3.05) is 7.11 Å². The largest absolute Gasteiger partial charge is 0.506 e. The molecule has 0 aliphatic carbocycles. The first-order valence-electron chi connectivity index (χ1n) is 6.16. The third-order valence-electron chi connectivity index (χ3n) is 2.77. The maximum Gasteiger partial charge on any atom is 0.271 e. The van der Waals surface area contributed by atoms with E-state index in [4.69, 9.17) is 4.74 Å². The number of carbonyl (C=O) groups is 1. The summed E-state index contributed by atoms with van der Waals surface area (Å²) >= 11 is 6.45. The van der Waals surface area contributed by atoms with Gasteiger partial charge in [-0.05, 0) is 73.8 Å². The Balaban J connectivity index is 2.03. The van der Waals surface area contributed by atoms with E-state index in [-0.39, 0.29) is 11.7 Å². The summed E-state index contributed by atoms with van der Waals surface area (Å²) in [7, 11) is 1.56. The number of phenolic OH excluding ortho intramolecular Hbond substituents is 1. The number of nitrogens with zero attached hydrogens (tertiary/aromatic N) is 1. The molecule has 0 unspecified atom stereocenters. The molecule has 2 rings (SSSR count). The van der Waals surface area contributed by atoms with E-state index < -0.39 is 0 Å². The number of hydrogen-bond donors (Lipinski definition) is 2. The van der Waals surface area contributed by atoms with Gasteiger partial charge in [0.1, 0.15) is 11.5 Å². The lowest BCUT2D eigenvalue weighted by molar-refractivity contribution is 0.0955. The Morgan fingerprint density at radius 2 is 1.82 bits per heavy atom. The van der Waals surface area contributed by atoms with Crippen LogP contribution in [0.2, 0.25) is 0 Å². The molecule has 7 heteroatoms. The van der Waals surface area contributed by atoms with Crippen LogP contribution in [-0.2, 0) is 0 Å². The van der Waals surface area contributed by atoms with Crippen LogP contribution in [0.3, 0.4) is 0 Å². The summed E-state index contributed by atoms with van der Waals surface area (Å²) < 4.78 is 6.09. The van der Waals surface area contributed by atoms with Crippen LogP contribution in [0.25, 0.3) is 0 Å². The molecule has 0 radical (unpaired) electrons. The van der Waals surface area contributed by atoms with Crippen LogP contribution < -0.4 is 10.2 Å². The van der Waals surface area contributed by atoms with Crippen LogP contribution in [-0.4, -0.2) is 24.3 Å². The number of hydrogen-bond acceptors (Lipinski definition) is 4. The SMILES string of the molecule is COc1ccc(C(=O)N/N=C/c2cc(Br)c(O)c(Br)c2)cc1. The second kappa shape index (κ2) is 7.42. The van der Waals surface area contributed by atoms with Crippen LogP contribution in [0.15, 0.2) is 50.4 Å². The van der Waals surface area contributed by atoms with E-state index in [0.29, 0.717) is 25.8 Å². The molecule has 5 nitrogen and oxygen atoms in total. The van der Waals surface area contributed by atoms with Gasteiger partial charge in [0.05, 0.1) is 22.3 Å². The highest BCUT2D eigenvalue weighted by Crippen LogP contribution is 2.32. The fraction of sp³-hybridized carbons (Fsp3) is 0.0667. The number of amides is 1. The zero-order valence-electron chi connectivity index (χ0n) is 11.5. The van der Waals surface area contributed by atoms with Crippen LogP contribution in [0.1, 0.15) is 15.9 Å². The number of phenols is 1. The summed E-state index contributed by atoms with van der Waals surface area (Å²) in [5.74, 6) is 0.467. The molecule has 0 heterocycles. The molecule has 0 fully saturated rings. The Labute approximate surface area is 144 Å². The van der Waals surface area contributed by atoms with E-state index in [2.05, 4.69) is 42.4 Å². The normalized spacial score (nSPS) is 10.7. The van der Waals surface area contributed by atoms with Crippen molar-refractivity contribution in [1.82, 2.24) is 5.43 Å². The number of nitrogens with one attached hydrogen (secondary N) is 1. The number of hydrazone groups is 1. The first-order valence-corrected chi connectivity index (χ1v) is 7.75. The van der Waals surface area contributed by atoms with Crippen molar-refractivity contribution in [2.45, 2.75) is 0 Å². The van der Waals surface area contributed by atoms with Gasteiger partial charge in [-0.2, -0.15) is 5.10 Å². The smallest absolute Gasteiger partial charge is 0.271 e. The maximum atomic E-state index is 11.9. The summed E-state index contributed by atoms with van der Waals surface area (Å²) in [4.78, 5) is 11.9. The van der Waals surface area contributed by atoms with Gasteiger partial charge in [0.25, 0.3) is 5.91 Å². The first-order chi connectivity index (χ1) is 10.5. The van der Waals surface area contributed by atoms with Crippen LogP contribution in [0, 0.1) is 0 Å². The van der Waals surface area contributed by atoms with Crippen molar-refractivity contribution in [3.8, 4) is 11.5 Å². The standard InChI is InChI=1S/C15H12Br2N2O3/c1-22-11-4-2-10(3-5-11)15(21)19-18-8-9-6-12(16)14(20)13(17)7-9/h2-8,20H,1H3,(H,19,21)/b18-8+. The maximum absolute atomic E-state index is 11.9. The van der Waals surface area contributed by atoms with E-state index >= 15 is 0 Å². The van der Waals surface area contributed by atoms with Crippen molar-refractivity contribution in [1.29, 1.82) is 0 Å². The second-order valence-corrected chi connectivity index (χ2v) is 5.97. The number of aromatic hydroxyl groups is 1. The van der Waals surface area contributed by atoms with Crippen LogP contribution in [0.5, 0.6) is 11.5 Å². The molecule has 0 aromatic heterocycles. The zero-order valence-corrected chi connectivity index (χ0v) is 14.7. The molecule has 0 spiro atoms. The van der Waals surface area contributed by atoms with Gasteiger partial charge in [0.2, 0.25) is 0 Å². The number of methoxy groups -OCH3 is 1. The summed E-state index contributed by atoms with van der Waals surface area (Å²) in [6.45, 7) is 0. The summed E-state index contributed by atoms with van der Waals surface area (Å²) in [6.07, 6.45) is 1.48. The van der Waals surface area contributed by atoms with Gasteiger partial charge < -0.3 is 9.84 Å². The average Bonchev–Trinajstić information content (AvgIpc) is 2.52. The van der Waals surface area contributed by atoms with Gasteiger partial charge >= 0.3 is 0 Å². The Morgan fingerprint density at radius 1 is 1.23 bits per heavy atom. The Bertz CT molecular complexity index is 692. The highest BCUT2D eigenvalue weighted by Gasteiger charge is 2.06. The van der Waals surface area contributed by atoms with Crippen LogP contribution in [0.4, 0.5) is 0 Å². The Hall–Kier alpha value is -1.86. The minimum atomic E-state index is -0.323. The van der Waals surface area contributed by atoms with E-state index in [9.17, 15) is 9.90 Å². The summed E-state index contributed by atoms with van der Waals surface area (Å²) in [5, 5.41) is 13.5. The van der Waals surface area contributed by atoms with Crippen molar-refractivity contribution in [3.05, 3.63) is 56.5 Å². The fourth-order valence-electron chi connectivity index (χ4n) is 1.63. The van der Waals surface area contributed by atoms with E-state index in [0.717, 1.165) is 0 Å². The predicted molar refractivity (Wildman–Crippen MR) is 91.6 cm³/mol. The first kappa shape index (κ1) is 16.5. The molecule has 0 saturated carbocycles. The van der Waals surface area contributed by atoms with Gasteiger partial charge in [0, 0.05) is 5.56 Å². The van der Waals surface area contributed by atoms with Gasteiger partial charge in [-0.15, -0.1) is 0 Å². The minimum absolute atomic E-state index is 0.111. The fourth-order valence-corrected chi connectivity index (χ4v) is 2.85. The molecule has 0 saturated heterocycles. The highest BCUT2D eigenvalue weighted by atomic mass is 79.9. The lowest BCUT2D eigenvalue weighted by atomic mass is 10.2. The van der Waals surface area contributed by atoms with Crippen molar-refractivity contribution < 1.29 is 14.6 Å². The third-order valence-corrected chi connectivity index (χ3v) is 3.98. The molecule has 1 amide bonds. The minimum Gasteiger partial charge on any atom is -0.506 e. The molecule has 0 aliphatic rings. The molecule has 0 bridgehead atoms.